The van der Waals surface area contributed by atoms with Gasteiger partial charge in [0.05, 0.1) is 22.8 Å². The van der Waals surface area contributed by atoms with Crippen LogP contribution in [0.15, 0.2) is 37.1 Å². The largest absolute Gasteiger partial charge is 0.487 e. The maximum Gasteiger partial charge on any atom is 0.319 e. The Kier molecular flexibility index (Phi) is 7.44. The van der Waals surface area contributed by atoms with Gasteiger partial charge in [-0.1, -0.05) is 24.2 Å². The number of amides is 1. The van der Waals surface area contributed by atoms with Crippen molar-refractivity contribution in [3.63, 3.8) is 0 Å². The highest BCUT2D eigenvalue weighted by Gasteiger charge is 2.31. The van der Waals surface area contributed by atoms with Gasteiger partial charge in [0.1, 0.15) is 17.9 Å². The first-order valence-electron chi connectivity index (χ1n) is 13.9. The zero-order valence-electron chi connectivity index (χ0n) is 23.6. The first kappa shape index (κ1) is 27.3. The fourth-order valence-electron chi connectivity index (χ4n) is 5.22. The minimum absolute atomic E-state index is 0.0681. The second kappa shape index (κ2) is 11.2. The van der Waals surface area contributed by atoms with Crippen molar-refractivity contribution in [1.29, 1.82) is 0 Å². The molecule has 4 aromatic rings. The van der Waals surface area contributed by atoms with Crippen LogP contribution in [-0.2, 0) is 4.79 Å². The van der Waals surface area contributed by atoms with Crippen molar-refractivity contribution in [2.45, 2.75) is 25.9 Å². The number of aromatic amines is 1. The monoisotopic (exact) mass is 575 g/mol. The Bertz CT molecular complexity index is 1620. The second-order valence-corrected chi connectivity index (χ2v) is 11.3. The number of aromatic nitrogens is 4. The van der Waals surface area contributed by atoms with Crippen molar-refractivity contribution in [3.05, 3.63) is 47.6 Å². The van der Waals surface area contributed by atoms with Crippen LogP contribution in [0, 0.1) is 6.92 Å². The van der Waals surface area contributed by atoms with Crippen LogP contribution in [0.3, 0.4) is 0 Å². The van der Waals surface area contributed by atoms with Gasteiger partial charge >= 0.3 is 6.01 Å². The Labute approximate surface area is 243 Å². The SMILES string of the molecule is C=CC(=O)N1CCN(c2nc(OCCN(C)C)nc3c(OC4CC4)c(-c4c(C)ccc5[nH]ncc45)c(Cl)cc23)CC1. The molecule has 2 aliphatic rings. The van der Waals surface area contributed by atoms with Gasteiger partial charge in [-0.25, -0.2) is 0 Å². The van der Waals surface area contributed by atoms with E-state index in [4.69, 9.17) is 31.0 Å². The number of anilines is 1. The number of carbonyl (C=O) groups excluding carboxylic acids is 1. The van der Waals surface area contributed by atoms with Gasteiger partial charge in [0.2, 0.25) is 5.91 Å². The van der Waals surface area contributed by atoms with Crippen LogP contribution in [0.1, 0.15) is 18.4 Å². The maximum absolute atomic E-state index is 12.2. The number of likely N-dealkylation sites (N-methyl/N-ethyl adjacent to an activating group) is 1. The van der Waals surface area contributed by atoms with Crippen LogP contribution in [0.2, 0.25) is 5.02 Å². The summed E-state index contributed by atoms with van der Waals surface area (Å²) in [5, 5.41) is 9.66. The Morgan fingerprint density at radius 3 is 2.66 bits per heavy atom. The summed E-state index contributed by atoms with van der Waals surface area (Å²) >= 11 is 7.15. The highest BCUT2D eigenvalue weighted by atomic mass is 35.5. The number of carbonyl (C=O) groups is 1. The molecule has 214 valence electrons. The number of H-pyrrole nitrogens is 1. The number of benzene rings is 2. The van der Waals surface area contributed by atoms with Crippen molar-refractivity contribution >= 4 is 45.1 Å². The quantitative estimate of drug-likeness (QED) is 0.292. The number of halogens is 1. The van der Waals surface area contributed by atoms with Gasteiger partial charge in [0.15, 0.2) is 5.75 Å². The molecule has 6 rings (SSSR count). The molecular formula is C30H34ClN7O3. The molecule has 1 aliphatic heterocycles. The van der Waals surface area contributed by atoms with Crippen molar-refractivity contribution in [2.24, 2.45) is 0 Å². The van der Waals surface area contributed by atoms with Crippen LogP contribution in [0.25, 0.3) is 32.9 Å². The van der Waals surface area contributed by atoms with Crippen molar-refractivity contribution in [2.75, 3.05) is 58.3 Å². The zero-order chi connectivity index (χ0) is 28.7. The molecule has 1 saturated carbocycles. The average Bonchev–Trinajstić information content (AvgIpc) is 3.66. The van der Waals surface area contributed by atoms with E-state index in [-0.39, 0.29) is 18.0 Å². The lowest BCUT2D eigenvalue weighted by atomic mass is 9.94. The van der Waals surface area contributed by atoms with Gasteiger partial charge in [0, 0.05) is 54.6 Å². The lowest BCUT2D eigenvalue weighted by molar-refractivity contribution is -0.126. The van der Waals surface area contributed by atoms with E-state index in [2.05, 4.69) is 34.7 Å². The van der Waals surface area contributed by atoms with Crippen LogP contribution < -0.4 is 14.4 Å². The van der Waals surface area contributed by atoms with Crippen LogP contribution in [0.5, 0.6) is 11.8 Å². The Balaban J connectivity index is 1.53. The molecule has 2 aromatic heterocycles. The summed E-state index contributed by atoms with van der Waals surface area (Å²) in [6.45, 7) is 9.18. The van der Waals surface area contributed by atoms with Crippen LogP contribution >= 0.6 is 11.6 Å². The molecule has 0 radical (unpaired) electrons. The summed E-state index contributed by atoms with van der Waals surface area (Å²) < 4.78 is 12.7. The van der Waals surface area contributed by atoms with Crippen molar-refractivity contribution < 1.29 is 14.3 Å². The van der Waals surface area contributed by atoms with Gasteiger partial charge in [-0.3, -0.25) is 9.89 Å². The predicted molar refractivity (Wildman–Crippen MR) is 161 cm³/mol. The molecule has 2 aromatic carbocycles. The molecule has 0 spiro atoms. The third-order valence-electron chi connectivity index (χ3n) is 7.58. The highest BCUT2D eigenvalue weighted by Crippen LogP contribution is 2.48. The predicted octanol–water partition coefficient (Wildman–Crippen LogP) is 4.45. The fourth-order valence-corrected chi connectivity index (χ4v) is 5.51. The van der Waals surface area contributed by atoms with Crippen LogP contribution in [0.4, 0.5) is 5.82 Å². The van der Waals surface area contributed by atoms with Gasteiger partial charge in [-0.05, 0) is 57.6 Å². The average molecular weight is 576 g/mol. The molecule has 11 heteroatoms. The van der Waals surface area contributed by atoms with Gasteiger partial charge in [-0.15, -0.1) is 0 Å². The summed E-state index contributed by atoms with van der Waals surface area (Å²) in [6, 6.07) is 6.30. The first-order chi connectivity index (χ1) is 19.8. The molecule has 1 saturated heterocycles. The van der Waals surface area contributed by atoms with E-state index in [1.54, 1.807) is 4.90 Å². The van der Waals surface area contributed by atoms with Gasteiger partial charge in [-0.2, -0.15) is 15.1 Å². The number of hydrogen-bond acceptors (Lipinski definition) is 8. The summed E-state index contributed by atoms with van der Waals surface area (Å²) in [5.41, 5.74) is 4.39. The standard InChI is InChI=1S/C30H34ClN7O3/c1-5-24(39)37-10-12-38(13-11-37)29-20-16-22(31)26(25-18(2)6-9-23-21(25)17-32-35-23)28(41-19-7-8-19)27(20)33-30(34-29)40-15-14-36(3)4/h5-6,9,16-17,19H,1,7-8,10-15H2,2-4H3,(H,32,35). The Morgan fingerprint density at radius 2 is 1.95 bits per heavy atom. The van der Waals surface area contributed by atoms with E-state index in [9.17, 15) is 4.79 Å². The zero-order valence-corrected chi connectivity index (χ0v) is 24.4. The molecule has 1 aliphatic carbocycles. The highest BCUT2D eigenvalue weighted by molar-refractivity contribution is 6.35. The molecule has 0 unspecified atom stereocenters. The smallest absolute Gasteiger partial charge is 0.319 e. The maximum atomic E-state index is 12.2. The number of rotatable bonds is 9. The van der Waals surface area contributed by atoms with E-state index in [1.807, 2.05) is 37.3 Å². The number of nitrogens with zero attached hydrogens (tertiary/aromatic N) is 6. The number of ether oxygens (including phenoxy) is 2. The molecule has 2 fully saturated rings. The normalized spacial score (nSPS) is 15.6. The number of piperazine rings is 1. The number of fused-ring (bicyclic) bond motifs is 2. The number of nitrogens with one attached hydrogen (secondary N) is 1. The topological polar surface area (TPSA) is 99.7 Å². The van der Waals surface area contributed by atoms with Crippen molar-refractivity contribution in [1.82, 2.24) is 30.0 Å². The van der Waals surface area contributed by atoms with E-state index in [1.165, 1.54) is 6.08 Å². The number of hydrogen-bond donors (Lipinski definition) is 1. The molecule has 3 heterocycles. The lowest BCUT2D eigenvalue weighted by Crippen LogP contribution is -2.48. The fraction of sp³-hybridized carbons (Fsp3) is 0.400. The minimum Gasteiger partial charge on any atom is -0.487 e. The Hall–Kier alpha value is -3.89. The molecule has 0 bridgehead atoms. The molecule has 0 atom stereocenters. The third-order valence-corrected chi connectivity index (χ3v) is 7.88. The third kappa shape index (κ3) is 5.41. The van der Waals surface area contributed by atoms with E-state index >= 15 is 0 Å². The van der Waals surface area contributed by atoms with Crippen molar-refractivity contribution in [3.8, 4) is 22.9 Å². The molecule has 1 amide bonds. The molecule has 1 N–H and O–H groups in total. The minimum atomic E-state index is -0.0681. The number of aryl methyl sites for hydroxylation is 1. The summed E-state index contributed by atoms with van der Waals surface area (Å²) in [4.78, 5) is 28.0. The van der Waals surface area contributed by atoms with E-state index in [0.29, 0.717) is 54.9 Å². The van der Waals surface area contributed by atoms with Crippen LogP contribution in [-0.4, -0.2) is 95.4 Å². The Morgan fingerprint density at radius 1 is 1.17 bits per heavy atom. The van der Waals surface area contributed by atoms with Gasteiger partial charge < -0.3 is 24.2 Å². The second-order valence-electron chi connectivity index (χ2n) is 10.9. The van der Waals surface area contributed by atoms with E-state index in [0.717, 1.165) is 52.4 Å². The van der Waals surface area contributed by atoms with Gasteiger partial charge in [0.25, 0.3) is 0 Å². The summed E-state index contributed by atoms with van der Waals surface area (Å²) in [6.07, 6.45) is 5.24. The molecular weight excluding hydrogens is 542 g/mol. The molecule has 41 heavy (non-hydrogen) atoms. The summed E-state index contributed by atoms with van der Waals surface area (Å²) in [7, 11) is 3.99. The van der Waals surface area contributed by atoms with E-state index < -0.39 is 0 Å². The summed E-state index contributed by atoms with van der Waals surface area (Å²) in [5.74, 6) is 1.28. The lowest BCUT2D eigenvalue weighted by Gasteiger charge is -2.35. The molecule has 10 nitrogen and oxygen atoms in total. The first-order valence-corrected chi connectivity index (χ1v) is 14.3.